The summed E-state index contributed by atoms with van der Waals surface area (Å²) >= 11 is 0.686. The minimum absolute atomic E-state index is 0.214. The summed E-state index contributed by atoms with van der Waals surface area (Å²) in [5, 5.41) is 9.44. The first-order chi connectivity index (χ1) is 12.7. The highest BCUT2D eigenvalue weighted by Gasteiger charge is 2.35. The van der Waals surface area contributed by atoms with Gasteiger partial charge in [-0.2, -0.15) is 18.2 Å². The Balaban J connectivity index is 2.42. The van der Waals surface area contributed by atoms with Gasteiger partial charge in [0.1, 0.15) is 12.4 Å². The Kier molecular flexibility index (Phi) is 6.78. The Labute approximate surface area is 159 Å². The maximum Gasteiger partial charge on any atom is 0.416 e. The van der Waals surface area contributed by atoms with E-state index in [0.29, 0.717) is 17.5 Å². The molecule has 0 radical (unpaired) electrons. The number of rotatable bonds is 5. The van der Waals surface area contributed by atoms with Gasteiger partial charge in [-0.3, -0.25) is 10.0 Å². The molecule has 2 aromatic carbocycles. The van der Waals surface area contributed by atoms with E-state index in [0.717, 1.165) is 29.7 Å². The second-order valence-corrected chi connectivity index (χ2v) is 6.58. The van der Waals surface area contributed by atoms with Crippen molar-refractivity contribution in [2.45, 2.75) is 33.1 Å². The zero-order chi connectivity index (χ0) is 20.2. The number of thioether (sulfide) groups is 1. The van der Waals surface area contributed by atoms with Gasteiger partial charge < -0.3 is 4.74 Å². The quantitative estimate of drug-likeness (QED) is 0.507. The average molecular weight is 399 g/mol. The first-order valence-electron chi connectivity index (χ1n) is 8.17. The van der Waals surface area contributed by atoms with Crippen molar-refractivity contribution in [3.63, 3.8) is 0 Å². The van der Waals surface area contributed by atoms with Gasteiger partial charge in [0.15, 0.2) is 0 Å². The fourth-order valence-electron chi connectivity index (χ4n) is 2.62. The van der Waals surface area contributed by atoms with Crippen molar-refractivity contribution in [3.05, 3.63) is 58.7 Å². The van der Waals surface area contributed by atoms with Gasteiger partial charge >= 0.3 is 11.4 Å². The summed E-state index contributed by atoms with van der Waals surface area (Å²) in [6.45, 7) is 3.36. The smallest absolute Gasteiger partial charge is 0.416 e. The predicted molar refractivity (Wildman–Crippen MR) is 99.5 cm³/mol. The molecule has 1 N–H and O–H groups in total. The number of nitrogens with zero attached hydrogens (tertiary/aromatic N) is 1. The largest absolute Gasteiger partial charge is 0.489 e. The summed E-state index contributed by atoms with van der Waals surface area (Å²) < 4.78 is 45.9. The van der Waals surface area contributed by atoms with E-state index >= 15 is 0 Å². The third kappa shape index (κ3) is 4.95. The van der Waals surface area contributed by atoms with Crippen molar-refractivity contribution >= 4 is 22.7 Å². The van der Waals surface area contributed by atoms with Crippen LogP contribution >= 0.6 is 11.8 Å². The van der Waals surface area contributed by atoms with Crippen LogP contribution in [0.5, 0.6) is 5.75 Å². The van der Waals surface area contributed by atoms with Gasteiger partial charge in [0.2, 0.25) is 0 Å². The van der Waals surface area contributed by atoms with E-state index in [1.54, 1.807) is 13.0 Å². The van der Waals surface area contributed by atoms with Gasteiger partial charge in [0, 0.05) is 5.56 Å². The summed E-state index contributed by atoms with van der Waals surface area (Å²) in [4.78, 5) is 11.7. The van der Waals surface area contributed by atoms with E-state index < -0.39 is 23.6 Å². The summed E-state index contributed by atoms with van der Waals surface area (Å²) in [7, 11) is 0. The minimum Gasteiger partial charge on any atom is -0.489 e. The summed E-state index contributed by atoms with van der Waals surface area (Å²) in [5.41, 5.74) is 0.349. The highest BCUT2D eigenvalue weighted by atomic mass is 32.2. The van der Waals surface area contributed by atoms with Gasteiger partial charge in [-0.15, -0.1) is 0 Å². The molecule has 0 heterocycles. The Hall–Kier alpha value is -2.19. The molecule has 0 unspecified atom stereocenters. The lowest BCUT2D eigenvalue weighted by atomic mass is 10.0. The molecule has 0 atom stereocenters. The highest BCUT2D eigenvalue weighted by Crippen LogP contribution is 2.37. The molecular formula is C19H20F3NO3S. The summed E-state index contributed by atoms with van der Waals surface area (Å²) in [6.07, 6.45) is -2.40. The molecule has 27 heavy (non-hydrogen) atoms. The number of alkyl halides is 3. The number of benzene rings is 2. The first-order valence-corrected chi connectivity index (χ1v) is 9.39. The van der Waals surface area contributed by atoms with E-state index in [-0.39, 0.29) is 16.3 Å². The van der Waals surface area contributed by atoms with Crippen LogP contribution in [0.1, 0.15) is 29.2 Å². The van der Waals surface area contributed by atoms with Crippen LogP contribution < -0.4 is 9.80 Å². The van der Waals surface area contributed by atoms with Crippen molar-refractivity contribution in [3.8, 4) is 5.75 Å². The van der Waals surface area contributed by atoms with Crippen LogP contribution in [0.15, 0.2) is 36.4 Å². The molecule has 8 heteroatoms. The molecule has 2 rings (SSSR count). The number of hydrogen-bond donors (Lipinski definition) is 1. The van der Waals surface area contributed by atoms with Crippen LogP contribution in [0.2, 0.25) is 0 Å². The van der Waals surface area contributed by atoms with Crippen LogP contribution in [0.25, 0.3) is 0 Å². The third-order valence-electron chi connectivity index (χ3n) is 4.05. The molecule has 1 amide bonds. The standard InChI is InChI=1S/C19H20F3NO3S/c1-4-13-8-9-17(12(2)10-13)26-11-14-15(19(20,21)22)6-5-7-16(14)23(25)18(24)27-3/h5-10,25H,4,11H2,1-3H3. The topological polar surface area (TPSA) is 49.8 Å². The van der Waals surface area contributed by atoms with Crippen LogP contribution in [-0.4, -0.2) is 16.7 Å². The number of ether oxygens (including phenoxy) is 1. The van der Waals surface area contributed by atoms with E-state index in [1.165, 1.54) is 12.3 Å². The molecule has 0 spiro atoms. The SMILES string of the molecule is CCc1ccc(OCc2c(N(O)C(=O)SC)cccc2C(F)(F)F)c(C)c1. The van der Waals surface area contributed by atoms with E-state index in [4.69, 9.17) is 4.74 Å². The van der Waals surface area contributed by atoms with E-state index in [2.05, 4.69) is 0 Å². The Morgan fingerprint density at radius 3 is 2.52 bits per heavy atom. The molecule has 0 aliphatic rings. The van der Waals surface area contributed by atoms with Crippen molar-refractivity contribution in [2.24, 2.45) is 0 Å². The molecule has 0 saturated carbocycles. The van der Waals surface area contributed by atoms with Crippen LogP contribution in [0.4, 0.5) is 23.7 Å². The molecule has 0 fully saturated rings. The van der Waals surface area contributed by atoms with Gasteiger partial charge in [0.25, 0.3) is 0 Å². The number of amides is 1. The van der Waals surface area contributed by atoms with Crippen molar-refractivity contribution in [1.82, 2.24) is 0 Å². The second-order valence-electron chi connectivity index (χ2n) is 5.82. The van der Waals surface area contributed by atoms with E-state index in [1.807, 2.05) is 19.1 Å². The fraction of sp³-hybridized carbons (Fsp3) is 0.316. The third-order valence-corrected chi connectivity index (χ3v) is 4.57. The molecular weight excluding hydrogens is 379 g/mol. The zero-order valence-electron chi connectivity index (χ0n) is 15.1. The Morgan fingerprint density at radius 2 is 1.96 bits per heavy atom. The van der Waals surface area contributed by atoms with Crippen LogP contribution in [0.3, 0.4) is 0 Å². The van der Waals surface area contributed by atoms with Gasteiger partial charge in [-0.05, 0) is 48.9 Å². The maximum absolute atomic E-state index is 13.4. The van der Waals surface area contributed by atoms with E-state index in [9.17, 15) is 23.2 Å². The van der Waals surface area contributed by atoms with Gasteiger partial charge in [0.05, 0.1) is 11.3 Å². The normalized spacial score (nSPS) is 11.4. The van der Waals surface area contributed by atoms with Crippen molar-refractivity contribution in [1.29, 1.82) is 0 Å². The molecule has 0 bridgehead atoms. The first kappa shape index (κ1) is 21.1. The van der Waals surface area contributed by atoms with Gasteiger partial charge in [-0.1, -0.05) is 36.9 Å². The predicted octanol–water partition coefficient (Wildman–Crippen LogP) is 5.83. The minimum atomic E-state index is -4.65. The Bertz CT molecular complexity index is 824. The van der Waals surface area contributed by atoms with Crippen LogP contribution in [0, 0.1) is 6.92 Å². The summed E-state index contributed by atoms with van der Waals surface area (Å²) in [5.74, 6) is 0.441. The molecule has 0 aliphatic carbocycles. The molecule has 0 aliphatic heterocycles. The van der Waals surface area contributed by atoms with Gasteiger partial charge in [-0.25, -0.2) is 0 Å². The monoisotopic (exact) mass is 399 g/mol. The molecule has 2 aromatic rings. The lowest BCUT2D eigenvalue weighted by molar-refractivity contribution is -0.138. The molecule has 0 saturated heterocycles. The molecule has 4 nitrogen and oxygen atoms in total. The lowest BCUT2D eigenvalue weighted by Gasteiger charge is -2.22. The van der Waals surface area contributed by atoms with Crippen LogP contribution in [-0.2, 0) is 19.2 Å². The van der Waals surface area contributed by atoms with Crippen molar-refractivity contribution < 1.29 is 27.9 Å². The highest BCUT2D eigenvalue weighted by molar-refractivity contribution is 8.13. The Morgan fingerprint density at radius 1 is 1.26 bits per heavy atom. The zero-order valence-corrected chi connectivity index (χ0v) is 15.9. The number of aryl methyl sites for hydroxylation is 2. The summed E-state index contributed by atoms with van der Waals surface area (Å²) in [6, 6.07) is 8.73. The number of hydrogen-bond acceptors (Lipinski definition) is 4. The number of anilines is 1. The number of hydroxylamine groups is 1. The number of carbonyl (C=O) groups is 1. The van der Waals surface area contributed by atoms with Crippen molar-refractivity contribution in [2.75, 3.05) is 11.3 Å². The fourth-order valence-corrected chi connectivity index (χ4v) is 2.89. The average Bonchev–Trinajstić information content (AvgIpc) is 2.64. The molecule has 0 aromatic heterocycles. The number of carbonyl (C=O) groups excluding carboxylic acids is 1. The maximum atomic E-state index is 13.4. The number of halogens is 3. The lowest BCUT2D eigenvalue weighted by Crippen LogP contribution is -2.25. The molecule has 146 valence electrons. The second kappa shape index (κ2) is 8.67.